The normalized spacial score (nSPS) is 18.0. The lowest BCUT2D eigenvalue weighted by Crippen LogP contribution is -2.46. The Kier molecular flexibility index (Phi) is 6.73. The van der Waals surface area contributed by atoms with Crippen LogP contribution in [0.4, 0.5) is 27.9 Å². The first-order valence-electron chi connectivity index (χ1n) is 8.76. The summed E-state index contributed by atoms with van der Waals surface area (Å²) in [6, 6.07) is -0.533. The summed E-state index contributed by atoms with van der Waals surface area (Å²) in [6.07, 6.45) is -3.48. The van der Waals surface area contributed by atoms with Gasteiger partial charge < -0.3 is 14.5 Å². The van der Waals surface area contributed by atoms with Gasteiger partial charge in [0.2, 0.25) is 10.1 Å². The molecular weight excluding hydrogens is 399 g/mol. The van der Waals surface area contributed by atoms with E-state index in [2.05, 4.69) is 15.5 Å². The SMILES string of the molecule is CN(CC1CCCN(C(=O)Nc2nnc(C(F)(F)F)s2)C1)C(=O)OC(C)(C)C. The molecule has 2 rings (SSSR count). The van der Waals surface area contributed by atoms with Crippen LogP contribution in [-0.2, 0) is 10.9 Å². The first-order chi connectivity index (χ1) is 12.8. The number of urea groups is 1. The average molecular weight is 423 g/mol. The van der Waals surface area contributed by atoms with Gasteiger partial charge in [0.15, 0.2) is 0 Å². The smallest absolute Gasteiger partial charge is 0.444 e. The van der Waals surface area contributed by atoms with E-state index >= 15 is 0 Å². The second-order valence-electron chi connectivity index (χ2n) is 7.66. The molecule has 0 bridgehead atoms. The predicted molar refractivity (Wildman–Crippen MR) is 97.1 cm³/mol. The molecule has 0 radical (unpaired) electrons. The van der Waals surface area contributed by atoms with E-state index in [1.807, 2.05) is 0 Å². The molecule has 8 nitrogen and oxygen atoms in total. The topological polar surface area (TPSA) is 87.7 Å². The largest absolute Gasteiger partial charge is 0.445 e. The fourth-order valence-corrected chi connectivity index (χ4v) is 3.36. The molecule has 1 atom stereocenters. The van der Waals surface area contributed by atoms with Gasteiger partial charge in [-0.05, 0) is 39.5 Å². The number of piperidine rings is 1. The van der Waals surface area contributed by atoms with Crippen molar-refractivity contribution in [2.45, 2.75) is 45.4 Å². The van der Waals surface area contributed by atoms with E-state index in [-0.39, 0.29) is 22.4 Å². The third kappa shape index (κ3) is 6.50. The lowest BCUT2D eigenvalue weighted by Gasteiger charge is -2.34. The van der Waals surface area contributed by atoms with Crippen molar-refractivity contribution >= 4 is 28.6 Å². The van der Waals surface area contributed by atoms with E-state index < -0.39 is 28.9 Å². The Labute approximate surface area is 165 Å². The number of nitrogens with zero attached hydrogens (tertiary/aromatic N) is 4. The van der Waals surface area contributed by atoms with Gasteiger partial charge in [-0.3, -0.25) is 5.32 Å². The molecule has 3 amide bonds. The van der Waals surface area contributed by atoms with Crippen molar-refractivity contribution in [2.24, 2.45) is 5.92 Å². The molecule has 28 heavy (non-hydrogen) atoms. The first kappa shape index (κ1) is 22.2. The van der Waals surface area contributed by atoms with E-state index in [4.69, 9.17) is 4.74 Å². The van der Waals surface area contributed by atoms with Crippen LogP contribution < -0.4 is 5.32 Å². The van der Waals surface area contributed by atoms with Crippen LogP contribution in [0, 0.1) is 5.92 Å². The summed E-state index contributed by atoms with van der Waals surface area (Å²) in [6.45, 7) is 6.61. The van der Waals surface area contributed by atoms with Crippen molar-refractivity contribution in [1.82, 2.24) is 20.0 Å². The van der Waals surface area contributed by atoms with Gasteiger partial charge in [0.05, 0.1) is 0 Å². The highest BCUT2D eigenvalue weighted by molar-refractivity contribution is 7.15. The fourth-order valence-electron chi connectivity index (χ4n) is 2.76. The van der Waals surface area contributed by atoms with Gasteiger partial charge >= 0.3 is 18.3 Å². The van der Waals surface area contributed by atoms with Gasteiger partial charge in [0.1, 0.15) is 5.60 Å². The van der Waals surface area contributed by atoms with Crippen molar-refractivity contribution in [3.05, 3.63) is 5.01 Å². The molecule has 2 heterocycles. The van der Waals surface area contributed by atoms with Crippen molar-refractivity contribution < 1.29 is 27.5 Å². The Morgan fingerprint density at radius 1 is 1.32 bits per heavy atom. The minimum Gasteiger partial charge on any atom is -0.444 e. The van der Waals surface area contributed by atoms with E-state index in [1.54, 1.807) is 27.8 Å². The number of rotatable bonds is 3. The number of likely N-dealkylation sites (tertiary alicyclic amines) is 1. The quantitative estimate of drug-likeness (QED) is 0.802. The average Bonchev–Trinajstić information content (AvgIpc) is 3.02. The molecule has 1 unspecified atom stereocenters. The second kappa shape index (κ2) is 8.50. The van der Waals surface area contributed by atoms with Gasteiger partial charge in [-0.2, -0.15) is 13.2 Å². The number of aromatic nitrogens is 2. The summed E-state index contributed by atoms with van der Waals surface area (Å²) < 4.78 is 43.0. The Morgan fingerprint density at radius 2 is 2.00 bits per heavy atom. The number of anilines is 1. The zero-order valence-corrected chi connectivity index (χ0v) is 17.0. The molecule has 1 N–H and O–H groups in total. The van der Waals surface area contributed by atoms with Gasteiger partial charge in [0.25, 0.3) is 0 Å². The van der Waals surface area contributed by atoms with Crippen LogP contribution in [0.15, 0.2) is 0 Å². The summed E-state index contributed by atoms with van der Waals surface area (Å²) in [4.78, 5) is 27.4. The van der Waals surface area contributed by atoms with Crippen LogP contribution in [0.5, 0.6) is 0 Å². The number of carbonyl (C=O) groups excluding carboxylic acids is 2. The molecule has 1 aromatic heterocycles. The van der Waals surface area contributed by atoms with Crippen molar-refractivity contribution in [1.29, 1.82) is 0 Å². The molecule has 158 valence electrons. The van der Waals surface area contributed by atoms with Crippen molar-refractivity contribution in [3.63, 3.8) is 0 Å². The van der Waals surface area contributed by atoms with E-state index in [9.17, 15) is 22.8 Å². The summed E-state index contributed by atoms with van der Waals surface area (Å²) in [5.41, 5.74) is -0.596. The lowest BCUT2D eigenvalue weighted by atomic mass is 9.98. The van der Waals surface area contributed by atoms with E-state index in [0.29, 0.717) is 19.6 Å². The fraction of sp³-hybridized carbons (Fsp3) is 0.750. The highest BCUT2D eigenvalue weighted by Crippen LogP contribution is 2.33. The van der Waals surface area contributed by atoms with Gasteiger partial charge in [-0.25, -0.2) is 9.59 Å². The van der Waals surface area contributed by atoms with Crippen molar-refractivity contribution in [2.75, 3.05) is 32.0 Å². The van der Waals surface area contributed by atoms with Gasteiger partial charge in [-0.15, -0.1) is 10.2 Å². The third-order valence-electron chi connectivity index (χ3n) is 3.92. The molecule has 1 fully saturated rings. The summed E-state index contributed by atoms with van der Waals surface area (Å²) in [5.74, 6) is 0.0391. The number of ether oxygens (including phenoxy) is 1. The maximum Gasteiger partial charge on any atom is 0.445 e. The number of carbonyl (C=O) groups is 2. The Morgan fingerprint density at radius 3 is 2.57 bits per heavy atom. The molecular formula is C16H24F3N5O3S. The van der Waals surface area contributed by atoms with Crippen molar-refractivity contribution in [3.8, 4) is 0 Å². The van der Waals surface area contributed by atoms with Crippen LogP contribution in [0.2, 0.25) is 0 Å². The number of alkyl halides is 3. The van der Waals surface area contributed by atoms with Gasteiger partial charge in [-0.1, -0.05) is 11.3 Å². The van der Waals surface area contributed by atoms with E-state index in [1.165, 1.54) is 9.80 Å². The molecule has 0 aromatic carbocycles. The van der Waals surface area contributed by atoms with E-state index in [0.717, 1.165) is 12.8 Å². The minimum absolute atomic E-state index is 0.0391. The zero-order valence-electron chi connectivity index (χ0n) is 16.2. The van der Waals surface area contributed by atoms with Crippen LogP contribution in [0.1, 0.15) is 38.6 Å². The molecule has 1 aromatic rings. The highest BCUT2D eigenvalue weighted by Gasteiger charge is 2.36. The Hall–Kier alpha value is -2.11. The standard InChI is InChI=1S/C16H24F3N5O3S/c1-15(2,3)27-14(26)23(4)8-10-6-5-7-24(9-10)13(25)20-12-22-21-11(28-12)16(17,18)19/h10H,5-9H2,1-4H3,(H,20,22,25). The van der Waals surface area contributed by atoms with Gasteiger partial charge in [0, 0.05) is 26.7 Å². The molecule has 1 saturated heterocycles. The summed E-state index contributed by atoms with van der Waals surface area (Å²) in [7, 11) is 1.63. The Balaban J connectivity index is 1.89. The number of halogens is 3. The summed E-state index contributed by atoms with van der Waals surface area (Å²) >= 11 is 0.277. The monoisotopic (exact) mass is 423 g/mol. The number of hydrogen-bond acceptors (Lipinski definition) is 6. The second-order valence-corrected chi connectivity index (χ2v) is 8.63. The Bertz CT molecular complexity index is 704. The maximum atomic E-state index is 12.6. The van der Waals surface area contributed by atoms with Crippen LogP contribution in [0.25, 0.3) is 0 Å². The van der Waals surface area contributed by atoms with Crippen LogP contribution >= 0.6 is 11.3 Å². The molecule has 12 heteroatoms. The zero-order chi connectivity index (χ0) is 21.1. The van der Waals surface area contributed by atoms with Crippen LogP contribution in [0.3, 0.4) is 0 Å². The third-order valence-corrected chi connectivity index (χ3v) is 4.81. The lowest BCUT2D eigenvalue weighted by molar-refractivity contribution is -0.138. The first-order valence-corrected chi connectivity index (χ1v) is 9.57. The predicted octanol–water partition coefficient (Wildman–Crippen LogP) is 3.67. The number of nitrogens with one attached hydrogen (secondary N) is 1. The molecule has 0 saturated carbocycles. The number of amides is 3. The number of hydrogen-bond donors (Lipinski definition) is 1. The molecule has 0 aliphatic carbocycles. The highest BCUT2D eigenvalue weighted by atomic mass is 32.1. The maximum absolute atomic E-state index is 12.6. The minimum atomic E-state index is -4.59. The molecule has 0 spiro atoms. The molecule has 1 aliphatic rings. The van der Waals surface area contributed by atoms with Crippen LogP contribution in [-0.4, -0.2) is 64.4 Å². The summed E-state index contributed by atoms with van der Waals surface area (Å²) in [5, 5.41) is 7.45. The molecule has 1 aliphatic heterocycles.